The molecule has 13 rings (SSSR count). The molecule has 4 aliphatic carbocycles. The zero-order valence-electron chi connectivity index (χ0n) is 37.4. The number of aromatic nitrogens is 1. The first kappa shape index (κ1) is 39.2. The number of benzene rings is 8. The molecule has 1 heterocycles. The van der Waals surface area contributed by atoms with E-state index in [0.717, 1.165) is 17.1 Å². The van der Waals surface area contributed by atoms with Gasteiger partial charge in [-0.15, -0.1) is 0 Å². The Kier molecular flexibility index (Phi) is 9.21. The summed E-state index contributed by atoms with van der Waals surface area (Å²) in [6.45, 7) is 2.39. The van der Waals surface area contributed by atoms with Gasteiger partial charge < -0.3 is 9.47 Å². The quantitative estimate of drug-likeness (QED) is 0.155. The van der Waals surface area contributed by atoms with Gasteiger partial charge in [0, 0.05) is 62.6 Å². The summed E-state index contributed by atoms with van der Waals surface area (Å²) in [4.78, 5) is 2.42. The minimum atomic E-state index is -0.113. The molecule has 0 aliphatic heterocycles. The van der Waals surface area contributed by atoms with Crippen LogP contribution in [0.2, 0.25) is 0 Å². The van der Waals surface area contributed by atoms with E-state index < -0.39 is 0 Å². The summed E-state index contributed by atoms with van der Waals surface area (Å²) in [7, 11) is 0. The molecule has 4 aliphatic rings. The van der Waals surface area contributed by atoms with E-state index in [2.05, 4.69) is 271 Å². The fourth-order valence-electron chi connectivity index (χ4n) is 11.7. The van der Waals surface area contributed by atoms with E-state index in [0.29, 0.717) is 5.92 Å². The largest absolute Gasteiger partial charge is 0.312 e. The standard InChI is InChI=1S/C65H48N2/c1-65-41-12-11-29-61(65)59(43-49-18-7-10-28-60(49)65)47-33-38-52(39-34-47)66(51-36-31-46(32-37-51)55-26-14-19-44-16-5-8-24-54(44)55)53-23-13-20-48(42-53)56-27-15-30-62-63(56)58-40-35-45-17-6-9-25-57(45)64(58)67(62)50-21-3-2-4-22-50/h2-43,45,57,61H,1H3. The Bertz CT molecular complexity index is 3590. The van der Waals surface area contributed by atoms with Gasteiger partial charge in [0.2, 0.25) is 0 Å². The van der Waals surface area contributed by atoms with Crippen molar-refractivity contribution in [3.8, 4) is 27.9 Å². The fourth-order valence-corrected chi connectivity index (χ4v) is 11.7. The van der Waals surface area contributed by atoms with Crippen molar-refractivity contribution in [2.24, 2.45) is 11.8 Å². The first-order chi connectivity index (χ1) is 33.1. The molecule has 0 bridgehead atoms. The Morgan fingerprint density at radius 2 is 1.22 bits per heavy atom. The molecule has 2 heteroatoms. The maximum atomic E-state index is 2.51. The topological polar surface area (TPSA) is 8.17 Å². The maximum absolute atomic E-state index is 2.51. The summed E-state index contributed by atoms with van der Waals surface area (Å²) >= 11 is 0. The third kappa shape index (κ3) is 6.39. The van der Waals surface area contributed by atoms with Crippen molar-refractivity contribution < 1.29 is 0 Å². The molecule has 0 amide bonds. The van der Waals surface area contributed by atoms with Crippen molar-refractivity contribution in [2.75, 3.05) is 4.90 Å². The molecule has 0 radical (unpaired) electrons. The minimum absolute atomic E-state index is 0.113. The zero-order valence-corrected chi connectivity index (χ0v) is 37.4. The molecule has 2 nitrogen and oxygen atoms in total. The predicted octanol–water partition coefficient (Wildman–Crippen LogP) is 17.0. The summed E-state index contributed by atoms with van der Waals surface area (Å²) in [5.41, 5.74) is 18.4. The lowest BCUT2D eigenvalue weighted by Crippen LogP contribution is -2.34. The molecule has 0 spiro atoms. The highest BCUT2D eigenvalue weighted by Gasteiger charge is 2.40. The van der Waals surface area contributed by atoms with Crippen molar-refractivity contribution in [3.05, 3.63) is 271 Å². The van der Waals surface area contributed by atoms with Gasteiger partial charge in [0.25, 0.3) is 0 Å². The highest BCUT2D eigenvalue weighted by Crippen LogP contribution is 2.51. The molecule has 318 valence electrons. The first-order valence-electron chi connectivity index (χ1n) is 23.6. The Hall–Kier alpha value is -8.20. The normalized spacial score (nSPS) is 19.7. The summed E-state index contributed by atoms with van der Waals surface area (Å²) in [5, 5.41) is 3.79. The van der Waals surface area contributed by atoms with Crippen LogP contribution >= 0.6 is 0 Å². The van der Waals surface area contributed by atoms with E-state index in [1.54, 1.807) is 0 Å². The predicted molar refractivity (Wildman–Crippen MR) is 283 cm³/mol. The van der Waals surface area contributed by atoms with E-state index in [1.807, 2.05) is 0 Å². The van der Waals surface area contributed by atoms with Crippen LogP contribution in [-0.4, -0.2) is 4.57 Å². The van der Waals surface area contributed by atoms with Gasteiger partial charge in [-0.05, 0) is 110 Å². The van der Waals surface area contributed by atoms with Crippen LogP contribution in [0.15, 0.2) is 243 Å². The van der Waals surface area contributed by atoms with Crippen LogP contribution in [0.3, 0.4) is 0 Å². The Labute approximate surface area is 392 Å². The number of rotatable bonds is 7. The van der Waals surface area contributed by atoms with Crippen LogP contribution in [0.1, 0.15) is 40.8 Å². The average molecular weight is 857 g/mol. The molecular formula is C65H48N2. The second-order valence-corrected chi connectivity index (χ2v) is 18.6. The second-order valence-electron chi connectivity index (χ2n) is 18.6. The molecule has 0 N–H and O–H groups in total. The monoisotopic (exact) mass is 856 g/mol. The molecule has 8 aromatic carbocycles. The van der Waals surface area contributed by atoms with E-state index in [9.17, 15) is 0 Å². The maximum Gasteiger partial charge on any atom is 0.0544 e. The highest BCUT2D eigenvalue weighted by molar-refractivity contribution is 6.05. The molecule has 4 unspecified atom stereocenters. The third-order valence-electron chi connectivity index (χ3n) is 14.9. The lowest BCUT2D eigenvalue weighted by Gasteiger charge is -2.41. The summed E-state index contributed by atoms with van der Waals surface area (Å²) in [5.74, 6) is 0.823. The van der Waals surface area contributed by atoms with E-state index in [4.69, 9.17) is 0 Å². The Balaban J connectivity index is 0.954. The van der Waals surface area contributed by atoms with Crippen molar-refractivity contribution in [1.29, 1.82) is 0 Å². The molecular weight excluding hydrogens is 809 g/mol. The van der Waals surface area contributed by atoms with E-state index in [-0.39, 0.29) is 17.3 Å². The number of hydrogen-bond acceptors (Lipinski definition) is 1. The Morgan fingerprint density at radius 3 is 2.09 bits per heavy atom. The summed E-state index contributed by atoms with van der Waals surface area (Å²) < 4.78 is 2.51. The van der Waals surface area contributed by atoms with Crippen LogP contribution in [0.4, 0.5) is 17.1 Å². The van der Waals surface area contributed by atoms with Crippen molar-refractivity contribution in [2.45, 2.75) is 18.3 Å². The number of hydrogen-bond donors (Lipinski definition) is 0. The molecule has 0 saturated carbocycles. The van der Waals surface area contributed by atoms with Crippen molar-refractivity contribution in [3.63, 3.8) is 0 Å². The first-order valence-corrected chi connectivity index (χ1v) is 23.6. The number of allylic oxidation sites excluding steroid dienone is 10. The summed E-state index contributed by atoms with van der Waals surface area (Å²) in [6, 6.07) is 69.4. The van der Waals surface area contributed by atoms with Crippen LogP contribution in [0, 0.1) is 11.8 Å². The fraction of sp³-hybridized carbons (Fsp3) is 0.0769. The number of para-hydroxylation sites is 1. The Morgan fingerprint density at radius 1 is 0.522 bits per heavy atom. The van der Waals surface area contributed by atoms with E-state index in [1.165, 1.54) is 83.1 Å². The van der Waals surface area contributed by atoms with Crippen LogP contribution in [0.5, 0.6) is 0 Å². The van der Waals surface area contributed by atoms with Gasteiger partial charge in [-0.3, -0.25) is 0 Å². The molecule has 9 aromatic rings. The highest BCUT2D eigenvalue weighted by atomic mass is 15.1. The summed E-state index contributed by atoms with van der Waals surface area (Å²) in [6.07, 6.45) is 25.5. The lowest BCUT2D eigenvalue weighted by atomic mass is 9.61. The van der Waals surface area contributed by atoms with Crippen LogP contribution in [0.25, 0.3) is 67.3 Å². The molecule has 4 atom stereocenters. The van der Waals surface area contributed by atoms with Gasteiger partial charge in [-0.1, -0.05) is 207 Å². The number of fused-ring (bicyclic) bond motifs is 9. The smallest absolute Gasteiger partial charge is 0.0544 e. The van der Waals surface area contributed by atoms with Crippen molar-refractivity contribution in [1.82, 2.24) is 4.57 Å². The number of nitrogens with zero attached hydrogens (tertiary/aromatic N) is 2. The van der Waals surface area contributed by atoms with Gasteiger partial charge in [0.1, 0.15) is 0 Å². The molecule has 0 fully saturated rings. The zero-order chi connectivity index (χ0) is 44.5. The second kappa shape index (κ2) is 15.8. The van der Waals surface area contributed by atoms with Crippen LogP contribution < -0.4 is 4.90 Å². The lowest BCUT2D eigenvalue weighted by molar-refractivity contribution is 0.505. The van der Waals surface area contributed by atoms with Crippen LogP contribution in [-0.2, 0) is 5.41 Å². The molecule has 1 aromatic heterocycles. The van der Waals surface area contributed by atoms with Gasteiger partial charge in [-0.2, -0.15) is 0 Å². The van der Waals surface area contributed by atoms with Gasteiger partial charge >= 0.3 is 0 Å². The van der Waals surface area contributed by atoms with E-state index >= 15 is 0 Å². The minimum Gasteiger partial charge on any atom is -0.312 e. The van der Waals surface area contributed by atoms with Gasteiger partial charge in [0.15, 0.2) is 0 Å². The SMILES string of the molecule is CC12C=CC=CC1C(c1ccc(N(c3ccc(-c4cccc5ccccc45)cc3)c3cccc(-c4cccc5c4c4c(n5-c5ccccc5)C5C=CC=CC5C=C4)c3)cc1)=Cc1ccccc12. The molecule has 67 heavy (non-hydrogen) atoms. The van der Waals surface area contributed by atoms with Gasteiger partial charge in [0.05, 0.1) is 5.52 Å². The van der Waals surface area contributed by atoms with Crippen molar-refractivity contribution >= 4 is 56.5 Å². The van der Waals surface area contributed by atoms with Gasteiger partial charge in [-0.25, -0.2) is 0 Å². The molecule has 0 saturated heterocycles. The number of anilines is 3. The average Bonchev–Trinajstić information content (AvgIpc) is 3.74. The third-order valence-corrected chi connectivity index (χ3v) is 14.9.